The molecular formula is C14H21N3O3. The molecule has 0 aliphatic rings. The molecule has 20 heavy (non-hydrogen) atoms. The average Bonchev–Trinajstić information content (AvgIpc) is 2.37. The smallest absolute Gasteiger partial charge is 0.340 e. The molecule has 1 rings (SSSR count). The summed E-state index contributed by atoms with van der Waals surface area (Å²) in [6.07, 6.45) is 0. The summed E-state index contributed by atoms with van der Waals surface area (Å²) >= 11 is 0. The number of carbonyl (C=O) groups is 2. The lowest BCUT2D eigenvalue weighted by Gasteiger charge is -2.20. The van der Waals surface area contributed by atoms with Crippen molar-refractivity contribution in [3.63, 3.8) is 0 Å². The van der Waals surface area contributed by atoms with Gasteiger partial charge in [0.25, 0.3) is 0 Å². The van der Waals surface area contributed by atoms with Crippen LogP contribution in [0.25, 0.3) is 0 Å². The Morgan fingerprint density at radius 2 is 1.90 bits per heavy atom. The fourth-order valence-corrected chi connectivity index (χ4v) is 1.82. The summed E-state index contributed by atoms with van der Waals surface area (Å²) in [4.78, 5) is 26.8. The second-order valence-corrected chi connectivity index (χ2v) is 4.83. The fourth-order valence-electron chi connectivity index (χ4n) is 1.82. The van der Waals surface area contributed by atoms with E-state index in [1.54, 1.807) is 32.3 Å². The van der Waals surface area contributed by atoms with Crippen molar-refractivity contribution >= 4 is 17.6 Å². The van der Waals surface area contributed by atoms with E-state index in [0.717, 1.165) is 5.56 Å². The zero-order chi connectivity index (χ0) is 15.3. The summed E-state index contributed by atoms with van der Waals surface area (Å²) < 4.78 is 4.75. The molecule has 1 amide bonds. The third-order valence-electron chi connectivity index (χ3n) is 2.92. The second kappa shape index (κ2) is 6.91. The van der Waals surface area contributed by atoms with Gasteiger partial charge in [0.2, 0.25) is 5.91 Å². The van der Waals surface area contributed by atoms with Crippen LogP contribution in [-0.2, 0) is 16.1 Å². The number of esters is 1. The number of nitrogens with zero attached hydrogens (tertiary/aromatic N) is 2. The highest BCUT2D eigenvalue weighted by atomic mass is 16.5. The summed E-state index contributed by atoms with van der Waals surface area (Å²) in [5, 5.41) is 0. The Balaban J connectivity index is 2.90. The number of amides is 1. The fraction of sp³-hybridized carbons (Fsp3) is 0.429. The Morgan fingerprint density at radius 3 is 2.45 bits per heavy atom. The van der Waals surface area contributed by atoms with E-state index in [0.29, 0.717) is 17.8 Å². The third-order valence-corrected chi connectivity index (χ3v) is 2.92. The SMILES string of the molecule is COC(=O)c1c(N)cccc1CN(C)CC(=O)N(C)C. The van der Waals surface area contributed by atoms with E-state index >= 15 is 0 Å². The number of rotatable bonds is 5. The number of nitrogen functional groups attached to an aromatic ring is 1. The van der Waals surface area contributed by atoms with Crippen LogP contribution in [0.3, 0.4) is 0 Å². The van der Waals surface area contributed by atoms with Crippen LogP contribution in [0.4, 0.5) is 5.69 Å². The highest BCUT2D eigenvalue weighted by Gasteiger charge is 2.17. The number of hydrogen-bond acceptors (Lipinski definition) is 5. The minimum absolute atomic E-state index is 0.00368. The van der Waals surface area contributed by atoms with Crippen LogP contribution in [0, 0.1) is 0 Å². The first kappa shape index (κ1) is 16.0. The Kier molecular flexibility index (Phi) is 5.52. The van der Waals surface area contributed by atoms with Gasteiger partial charge in [0.05, 0.1) is 19.2 Å². The van der Waals surface area contributed by atoms with E-state index < -0.39 is 5.97 Å². The van der Waals surface area contributed by atoms with Crippen molar-refractivity contribution in [1.29, 1.82) is 0 Å². The minimum atomic E-state index is -0.467. The predicted octanol–water partition coefficient (Wildman–Crippen LogP) is 0.575. The lowest BCUT2D eigenvalue weighted by molar-refractivity contribution is -0.129. The van der Waals surface area contributed by atoms with Gasteiger partial charge in [0.15, 0.2) is 0 Å². The molecule has 110 valence electrons. The van der Waals surface area contributed by atoms with Gasteiger partial charge in [-0.15, -0.1) is 0 Å². The molecule has 0 atom stereocenters. The first-order valence-corrected chi connectivity index (χ1v) is 6.21. The molecule has 0 fully saturated rings. The number of nitrogens with two attached hydrogens (primary N) is 1. The summed E-state index contributed by atoms with van der Waals surface area (Å²) in [5.41, 5.74) is 7.31. The molecule has 1 aromatic carbocycles. The number of hydrogen-bond donors (Lipinski definition) is 1. The van der Waals surface area contributed by atoms with Gasteiger partial charge in [-0.05, 0) is 18.7 Å². The van der Waals surface area contributed by atoms with Crippen molar-refractivity contribution in [2.24, 2.45) is 0 Å². The Bertz CT molecular complexity index is 500. The number of likely N-dealkylation sites (N-methyl/N-ethyl adjacent to an activating group) is 2. The van der Waals surface area contributed by atoms with Crippen LogP contribution in [0.2, 0.25) is 0 Å². The van der Waals surface area contributed by atoms with Crippen LogP contribution < -0.4 is 5.73 Å². The summed E-state index contributed by atoms with van der Waals surface area (Å²) in [6, 6.07) is 5.23. The second-order valence-electron chi connectivity index (χ2n) is 4.83. The van der Waals surface area contributed by atoms with Crippen molar-refractivity contribution in [2.75, 3.05) is 40.5 Å². The van der Waals surface area contributed by atoms with E-state index in [1.165, 1.54) is 12.0 Å². The molecule has 0 spiro atoms. The van der Waals surface area contributed by atoms with Crippen molar-refractivity contribution in [3.05, 3.63) is 29.3 Å². The highest BCUT2D eigenvalue weighted by molar-refractivity contribution is 5.96. The average molecular weight is 279 g/mol. The van der Waals surface area contributed by atoms with Gasteiger partial charge in [-0.1, -0.05) is 12.1 Å². The van der Waals surface area contributed by atoms with Gasteiger partial charge in [-0.25, -0.2) is 4.79 Å². The standard InChI is InChI=1S/C14H21N3O3/c1-16(2)12(18)9-17(3)8-10-6-5-7-11(15)13(10)14(19)20-4/h5-7H,8-9,15H2,1-4H3. The van der Waals surface area contributed by atoms with Gasteiger partial charge >= 0.3 is 5.97 Å². The molecular weight excluding hydrogens is 258 g/mol. The number of anilines is 1. The highest BCUT2D eigenvalue weighted by Crippen LogP contribution is 2.19. The number of carbonyl (C=O) groups excluding carboxylic acids is 2. The maximum absolute atomic E-state index is 11.8. The molecule has 0 saturated heterocycles. The van der Waals surface area contributed by atoms with Gasteiger partial charge < -0.3 is 15.4 Å². The van der Waals surface area contributed by atoms with E-state index in [-0.39, 0.29) is 12.5 Å². The molecule has 0 aliphatic carbocycles. The number of ether oxygens (including phenoxy) is 1. The van der Waals surface area contributed by atoms with E-state index in [2.05, 4.69) is 0 Å². The van der Waals surface area contributed by atoms with Crippen LogP contribution in [0.1, 0.15) is 15.9 Å². The van der Waals surface area contributed by atoms with Crippen LogP contribution >= 0.6 is 0 Å². The Labute approximate surface area is 119 Å². The molecule has 6 heteroatoms. The lowest BCUT2D eigenvalue weighted by Crippen LogP contribution is -2.34. The molecule has 0 bridgehead atoms. The van der Waals surface area contributed by atoms with Gasteiger partial charge in [0.1, 0.15) is 0 Å². The third kappa shape index (κ3) is 3.96. The van der Waals surface area contributed by atoms with E-state index in [9.17, 15) is 9.59 Å². The Hall–Kier alpha value is -2.08. The lowest BCUT2D eigenvalue weighted by atomic mass is 10.1. The van der Waals surface area contributed by atoms with Crippen molar-refractivity contribution in [1.82, 2.24) is 9.80 Å². The van der Waals surface area contributed by atoms with Crippen molar-refractivity contribution < 1.29 is 14.3 Å². The quantitative estimate of drug-likeness (QED) is 0.630. The Morgan fingerprint density at radius 1 is 1.25 bits per heavy atom. The molecule has 0 unspecified atom stereocenters. The van der Waals surface area contributed by atoms with E-state index in [1.807, 2.05) is 11.9 Å². The zero-order valence-electron chi connectivity index (χ0n) is 12.3. The van der Waals surface area contributed by atoms with Crippen LogP contribution in [0.15, 0.2) is 18.2 Å². The minimum Gasteiger partial charge on any atom is -0.465 e. The molecule has 0 aromatic heterocycles. The topological polar surface area (TPSA) is 75.9 Å². The largest absolute Gasteiger partial charge is 0.465 e. The molecule has 2 N–H and O–H groups in total. The molecule has 0 heterocycles. The van der Waals surface area contributed by atoms with Crippen LogP contribution in [0.5, 0.6) is 0 Å². The maximum atomic E-state index is 11.8. The van der Waals surface area contributed by atoms with Gasteiger partial charge in [-0.3, -0.25) is 9.69 Å². The normalized spacial score (nSPS) is 10.4. The summed E-state index contributed by atoms with van der Waals surface area (Å²) in [6.45, 7) is 0.706. The first-order valence-electron chi connectivity index (χ1n) is 6.21. The van der Waals surface area contributed by atoms with Gasteiger partial charge in [0, 0.05) is 26.3 Å². The van der Waals surface area contributed by atoms with E-state index in [4.69, 9.17) is 10.5 Å². The molecule has 1 aromatic rings. The molecule has 0 saturated carbocycles. The van der Waals surface area contributed by atoms with Crippen LogP contribution in [-0.4, -0.2) is 56.5 Å². The summed E-state index contributed by atoms with van der Waals surface area (Å²) in [7, 11) is 6.54. The van der Waals surface area contributed by atoms with Crippen molar-refractivity contribution in [2.45, 2.75) is 6.54 Å². The number of methoxy groups -OCH3 is 1. The van der Waals surface area contributed by atoms with Gasteiger partial charge in [-0.2, -0.15) is 0 Å². The maximum Gasteiger partial charge on any atom is 0.340 e. The predicted molar refractivity (Wildman–Crippen MR) is 77.2 cm³/mol. The molecule has 0 aliphatic heterocycles. The first-order chi connectivity index (χ1) is 9.36. The summed E-state index contributed by atoms with van der Waals surface area (Å²) in [5.74, 6) is -0.471. The molecule has 6 nitrogen and oxygen atoms in total. The molecule has 0 radical (unpaired) electrons. The monoisotopic (exact) mass is 279 g/mol. The zero-order valence-corrected chi connectivity index (χ0v) is 12.3. The van der Waals surface area contributed by atoms with Crippen molar-refractivity contribution in [3.8, 4) is 0 Å². The number of benzene rings is 1.